The first-order valence-electron chi connectivity index (χ1n) is 10.4. The molecule has 2 rings (SSSR count). The van der Waals surface area contributed by atoms with Crippen molar-refractivity contribution in [3.05, 3.63) is 40.0 Å². The molecule has 30 heavy (non-hydrogen) atoms. The van der Waals surface area contributed by atoms with Crippen LogP contribution in [0.1, 0.15) is 60.0 Å². The number of nitrogens with one attached hydrogen (secondary N) is 3. The number of aryl methyl sites for hydroxylation is 1. The average molecular weight is 433 g/mol. The Balaban J connectivity index is 1.83. The van der Waals surface area contributed by atoms with E-state index in [9.17, 15) is 4.79 Å². The van der Waals surface area contributed by atoms with Gasteiger partial charge in [-0.05, 0) is 52.7 Å². The second-order valence-corrected chi connectivity index (χ2v) is 7.69. The Morgan fingerprint density at radius 2 is 2.13 bits per heavy atom. The van der Waals surface area contributed by atoms with Crippen LogP contribution in [0.3, 0.4) is 0 Å². The first-order valence-corrected chi connectivity index (χ1v) is 11.2. The SMILES string of the molecule is CCNC(=NCCCCNc1ccccn1)NC(C)c1nc(C)c(C(=O)OCC)s1. The highest BCUT2D eigenvalue weighted by Crippen LogP contribution is 2.24. The van der Waals surface area contributed by atoms with Gasteiger partial charge in [-0.1, -0.05) is 6.07 Å². The number of rotatable bonds is 11. The fraction of sp³-hybridized carbons (Fsp3) is 0.524. The molecule has 3 N–H and O–H groups in total. The molecule has 164 valence electrons. The largest absolute Gasteiger partial charge is 0.462 e. The summed E-state index contributed by atoms with van der Waals surface area (Å²) in [5.41, 5.74) is 0.699. The predicted octanol–water partition coefficient (Wildman–Crippen LogP) is 3.53. The number of ether oxygens (including phenoxy) is 1. The van der Waals surface area contributed by atoms with Crippen LogP contribution in [0.4, 0.5) is 5.82 Å². The van der Waals surface area contributed by atoms with Crippen molar-refractivity contribution in [1.29, 1.82) is 0 Å². The predicted molar refractivity (Wildman–Crippen MR) is 122 cm³/mol. The molecule has 0 amide bonds. The highest BCUT2D eigenvalue weighted by atomic mass is 32.1. The standard InChI is InChI=1S/C21H32N6O2S/c1-5-22-21(25-14-10-9-13-24-17-11-7-8-12-23-17)27-16(4)19-26-15(3)18(30-19)20(28)29-6-2/h7-8,11-12,16H,5-6,9-10,13-14H2,1-4H3,(H,23,24)(H2,22,25,27). The van der Waals surface area contributed by atoms with Gasteiger partial charge in [0.1, 0.15) is 15.7 Å². The molecule has 0 fully saturated rings. The van der Waals surface area contributed by atoms with Crippen molar-refractivity contribution in [1.82, 2.24) is 20.6 Å². The molecule has 8 nitrogen and oxygen atoms in total. The lowest BCUT2D eigenvalue weighted by atomic mass is 10.3. The van der Waals surface area contributed by atoms with Crippen molar-refractivity contribution in [2.75, 3.05) is 31.6 Å². The number of aromatic nitrogens is 2. The minimum absolute atomic E-state index is 0.0690. The van der Waals surface area contributed by atoms with Crippen molar-refractivity contribution in [3.63, 3.8) is 0 Å². The fourth-order valence-electron chi connectivity index (χ4n) is 2.69. The van der Waals surface area contributed by atoms with Crippen molar-refractivity contribution < 1.29 is 9.53 Å². The number of carbonyl (C=O) groups excluding carboxylic acids is 1. The number of carbonyl (C=O) groups is 1. The highest BCUT2D eigenvalue weighted by Gasteiger charge is 2.20. The Kier molecular flexibility index (Phi) is 10.1. The molecule has 0 spiro atoms. The molecule has 0 bridgehead atoms. The average Bonchev–Trinajstić information content (AvgIpc) is 3.13. The van der Waals surface area contributed by atoms with Crippen LogP contribution >= 0.6 is 11.3 Å². The summed E-state index contributed by atoms with van der Waals surface area (Å²) in [7, 11) is 0. The molecule has 0 saturated heterocycles. The lowest BCUT2D eigenvalue weighted by Crippen LogP contribution is -2.38. The number of esters is 1. The number of nitrogens with zero attached hydrogens (tertiary/aromatic N) is 3. The van der Waals surface area contributed by atoms with Gasteiger partial charge in [0.15, 0.2) is 5.96 Å². The van der Waals surface area contributed by atoms with Crippen molar-refractivity contribution >= 4 is 29.1 Å². The molecule has 1 unspecified atom stereocenters. The maximum Gasteiger partial charge on any atom is 0.350 e. The summed E-state index contributed by atoms with van der Waals surface area (Å²) < 4.78 is 5.10. The number of hydrogen-bond donors (Lipinski definition) is 3. The Morgan fingerprint density at radius 3 is 2.83 bits per heavy atom. The third-order valence-electron chi connectivity index (χ3n) is 4.17. The van der Waals surface area contributed by atoms with E-state index in [0.29, 0.717) is 17.2 Å². The van der Waals surface area contributed by atoms with Crippen LogP contribution in [0.2, 0.25) is 0 Å². The van der Waals surface area contributed by atoms with E-state index < -0.39 is 0 Å². The normalized spacial score (nSPS) is 12.3. The fourth-order valence-corrected chi connectivity index (χ4v) is 3.65. The molecular weight excluding hydrogens is 400 g/mol. The molecular formula is C21H32N6O2S. The van der Waals surface area contributed by atoms with Gasteiger partial charge in [-0.25, -0.2) is 14.8 Å². The minimum Gasteiger partial charge on any atom is -0.462 e. The summed E-state index contributed by atoms with van der Waals surface area (Å²) >= 11 is 1.36. The summed E-state index contributed by atoms with van der Waals surface area (Å²) in [6, 6.07) is 5.76. The minimum atomic E-state index is -0.314. The molecule has 0 radical (unpaired) electrons. The van der Waals surface area contributed by atoms with E-state index in [0.717, 1.165) is 49.3 Å². The summed E-state index contributed by atoms with van der Waals surface area (Å²) in [5, 5.41) is 10.8. The maximum atomic E-state index is 12.0. The van der Waals surface area contributed by atoms with Gasteiger partial charge in [0.2, 0.25) is 0 Å². The number of guanidine groups is 1. The third-order valence-corrected chi connectivity index (χ3v) is 5.49. The first-order chi connectivity index (χ1) is 14.5. The first kappa shape index (κ1) is 23.6. The zero-order valence-corrected chi connectivity index (χ0v) is 19.0. The monoisotopic (exact) mass is 432 g/mol. The second-order valence-electron chi connectivity index (χ2n) is 6.66. The Morgan fingerprint density at radius 1 is 1.30 bits per heavy atom. The van der Waals surface area contributed by atoms with E-state index in [1.54, 1.807) is 13.1 Å². The number of thiazole rings is 1. The van der Waals surface area contributed by atoms with Crippen LogP contribution in [-0.2, 0) is 4.74 Å². The molecule has 2 heterocycles. The Hall–Kier alpha value is -2.68. The van der Waals surface area contributed by atoms with Gasteiger partial charge in [-0.2, -0.15) is 0 Å². The summed E-state index contributed by atoms with van der Waals surface area (Å²) in [5.74, 6) is 1.32. The van der Waals surface area contributed by atoms with Crippen molar-refractivity contribution in [2.24, 2.45) is 4.99 Å². The molecule has 2 aromatic heterocycles. The summed E-state index contributed by atoms with van der Waals surface area (Å²) in [6.07, 6.45) is 3.75. The summed E-state index contributed by atoms with van der Waals surface area (Å²) in [6.45, 7) is 10.4. The van der Waals surface area contributed by atoms with Crippen LogP contribution in [0.25, 0.3) is 0 Å². The van der Waals surface area contributed by atoms with Crippen LogP contribution < -0.4 is 16.0 Å². The van der Waals surface area contributed by atoms with Crippen LogP contribution in [0.5, 0.6) is 0 Å². The molecule has 0 aromatic carbocycles. The summed E-state index contributed by atoms with van der Waals surface area (Å²) in [4.78, 5) is 26.0. The molecule has 0 aliphatic carbocycles. The molecule has 0 aliphatic heterocycles. The van der Waals surface area contributed by atoms with E-state index in [1.165, 1.54) is 11.3 Å². The Bertz CT molecular complexity index is 809. The van der Waals surface area contributed by atoms with Gasteiger partial charge in [0.25, 0.3) is 0 Å². The van der Waals surface area contributed by atoms with Crippen LogP contribution in [0.15, 0.2) is 29.4 Å². The van der Waals surface area contributed by atoms with Crippen molar-refractivity contribution in [3.8, 4) is 0 Å². The molecule has 0 saturated carbocycles. The van der Waals surface area contributed by atoms with Gasteiger partial charge in [0, 0.05) is 25.8 Å². The number of aliphatic imine (C=N–C) groups is 1. The van der Waals surface area contributed by atoms with Gasteiger partial charge >= 0.3 is 5.97 Å². The van der Waals surface area contributed by atoms with E-state index >= 15 is 0 Å². The zero-order valence-electron chi connectivity index (χ0n) is 18.2. The third kappa shape index (κ3) is 7.62. The van der Waals surface area contributed by atoms with Crippen LogP contribution in [-0.4, -0.2) is 48.1 Å². The molecule has 0 aliphatic rings. The second kappa shape index (κ2) is 12.8. The van der Waals surface area contributed by atoms with E-state index in [4.69, 9.17) is 4.74 Å². The lowest BCUT2D eigenvalue weighted by molar-refractivity contribution is 0.0531. The van der Waals surface area contributed by atoms with E-state index in [1.807, 2.05) is 39.0 Å². The van der Waals surface area contributed by atoms with Gasteiger partial charge in [-0.3, -0.25) is 4.99 Å². The quantitative estimate of drug-likeness (QED) is 0.216. The maximum absolute atomic E-state index is 12.0. The number of pyridine rings is 1. The topological polar surface area (TPSA) is 101 Å². The number of unbranched alkanes of at least 4 members (excludes halogenated alkanes) is 1. The lowest BCUT2D eigenvalue weighted by Gasteiger charge is -2.16. The van der Waals surface area contributed by atoms with Gasteiger partial charge < -0.3 is 20.7 Å². The highest BCUT2D eigenvalue weighted by molar-refractivity contribution is 7.13. The van der Waals surface area contributed by atoms with E-state index in [-0.39, 0.29) is 12.0 Å². The zero-order chi connectivity index (χ0) is 21.8. The number of hydrogen-bond acceptors (Lipinski definition) is 7. The molecule has 2 aromatic rings. The smallest absolute Gasteiger partial charge is 0.350 e. The molecule has 9 heteroatoms. The van der Waals surface area contributed by atoms with Gasteiger partial charge in [-0.15, -0.1) is 11.3 Å². The molecule has 1 atom stereocenters. The number of anilines is 1. The van der Waals surface area contributed by atoms with Gasteiger partial charge in [0.05, 0.1) is 18.3 Å². The Labute approximate surface area is 182 Å². The van der Waals surface area contributed by atoms with E-state index in [2.05, 4.69) is 30.9 Å². The van der Waals surface area contributed by atoms with Crippen LogP contribution in [0, 0.1) is 6.92 Å². The van der Waals surface area contributed by atoms with Crippen molar-refractivity contribution in [2.45, 2.75) is 46.6 Å².